The lowest BCUT2D eigenvalue weighted by Gasteiger charge is -2.37. The maximum atomic E-state index is 12.1. The molecule has 25 heavy (non-hydrogen) atoms. The second-order valence-corrected chi connectivity index (χ2v) is 8.23. The van der Waals surface area contributed by atoms with Crippen LogP contribution in [0, 0.1) is 0 Å². The van der Waals surface area contributed by atoms with Crippen LogP contribution in [0.4, 0.5) is 4.79 Å². The van der Waals surface area contributed by atoms with E-state index in [9.17, 15) is 13.2 Å². The molecule has 0 aromatic heterocycles. The van der Waals surface area contributed by atoms with Crippen molar-refractivity contribution in [1.82, 2.24) is 9.62 Å². The number of carbonyl (C=O) groups is 1. The normalized spacial score (nSPS) is 29.8. The molecular formula is C16H22N2O6S. The van der Waals surface area contributed by atoms with Crippen LogP contribution in [0.2, 0.25) is 0 Å². The van der Waals surface area contributed by atoms with E-state index in [4.69, 9.17) is 14.2 Å². The lowest BCUT2D eigenvalue weighted by Crippen LogP contribution is -2.55. The quantitative estimate of drug-likeness (QED) is 0.843. The molecule has 2 saturated heterocycles. The number of fused-ring (bicyclic) bond motifs is 2. The van der Waals surface area contributed by atoms with Crippen LogP contribution >= 0.6 is 0 Å². The van der Waals surface area contributed by atoms with Crippen LogP contribution in [0.3, 0.4) is 0 Å². The summed E-state index contributed by atoms with van der Waals surface area (Å²) in [5.74, 6) is 0. The van der Waals surface area contributed by atoms with Crippen LogP contribution in [0.25, 0.3) is 0 Å². The first kappa shape index (κ1) is 18.1. The topological polar surface area (TPSA) is 94.2 Å². The van der Waals surface area contributed by atoms with Crippen molar-refractivity contribution >= 4 is 16.1 Å². The Labute approximate surface area is 147 Å². The molecule has 0 radical (unpaired) electrons. The number of hydrogen-bond acceptors (Lipinski definition) is 7. The minimum atomic E-state index is -3.96. The predicted molar refractivity (Wildman–Crippen MR) is 88.4 cm³/mol. The molecular weight excluding hydrogens is 348 g/mol. The van der Waals surface area contributed by atoms with Crippen LogP contribution in [0.1, 0.15) is 13.3 Å². The molecule has 2 fully saturated rings. The van der Waals surface area contributed by atoms with Crippen molar-refractivity contribution in [3.8, 4) is 0 Å². The summed E-state index contributed by atoms with van der Waals surface area (Å²) < 4.78 is 42.9. The van der Waals surface area contributed by atoms with Crippen molar-refractivity contribution < 1.29 is 27.4 Å². The fourth-order valence-corrected chi connectivity index (χ4v) is 3.98. The Kier molecular flexibility index (Phi) is 4.76. The Balaban J connectivity index is 1.64. The van der Waals surface area contributed by atoms with E-state index in [0.29, 0.717) is 26.2 Å². The van der Waals surface area contributed by atoms with Crippen LogP contribution in [-0.2, 0) is 24.2 Å². The third-order valence-corrected chi connectivity index (χ3v) is 6.23. The van der Waals surface area contributed by atoms with Crippen molar-refractivity contribution in [2.24, 2.45) is 0 Å². The first-order valence-electron chi connectivity index (χ1n) is 7.98. The van der Waals surface area contributed by atoms with Crippen molar-refractivity contribution in [1.29, 1.82) is 0 Å². The molecule has 9 heteroatoms. The average molecular weight is 370 g/mol. The summed E-state index contributed by atoms with van der Waals surface area (Å²) in [7, 11) is -2.07. The average Bonchev–Trinajstić information content (AvgIpc) is 2.74. The van der Waals surface area contributed by atoms with Gasteiger partial charge in [-0.1, -0.05) is 18.2 Å². The molecule has 2 aliphatic rings. The number of likely N-dealkylation sites (N-methyl/N-ethyl adjacent to an activating group) is 1. The lowest BCUT2D eigenvalue weighted by molar-refractivity contribution is -0.0699. The summed E-state index contributed by atoms with van der Waals surface area (Å²) in [5, 5.41) is 0. The lowest BCUT2D eigenvalue weighted by atomic mass is 10.0. The first-order valence-corrected chi connectivity index (χ1v) is 9.46. The highest BCUT2D eigenvalue weighted by Crippen LogP contribution is 2.38. The maximum Gasteiger partial charge on any atom is 0.421 e. The number of benzene rings is 1. The molecule has 1 aromatic rings. The fourth-order valence-electron chi connectivity index (χ4n) is 3.07. The molecule has 0 aliphatic carbocycles. The van der Waals surface area contributed by atoms with E-state index in [1.807, 2.05) is 23.6 Å². The van der Waals surface area contributed by atoms with Crippen LogP contribution in [0.5, 0.6) is 0 Å². The van der Waals surface area contributed by atoms with Gasteiger partial charge in [0.2, 0.25) is 0 Å². The highest BCUT2D eigenvalue weighted by atomic mass is 32.2. The van der Waals surface area contributed by atoms with E-state index in [1.54, 1.807) is 18.2 Å². The fraction of sp³-hybridized carbons (Fsp3) is 0.562. The Morgan fingerprint density at radius 1 is 1.32 bits per heavy atom. The van der Waals surface area contributed by atoms with Crippen molar-refractivity contribution in [2.45, 2.75) is 29.5 Å². The third-order valence-electron chi connectivity index (χ3n) is 4.90. The number of amides is 1. The van der Waals surface area contributed by atoms with Crippen molar-refractivity contribution in [3.63, 3.8) is 0 Å². The van der Waals surface area contributed by atoms with Gasteiger partial charge >= 0.3 is 6.09 Å². The molecule has 8 nitrogen and oxygen atoms in total. The summed E-state index contributed by atoms with van der Waals surface area (Å²) in [5.41, 5.74) is -1.11. The molecule has 1 N–H and O–H groups in total. The summed E-state index contributed by atoms with van der Waals surface area (Å²) in [4.78, 5) is 14.0. The number of rotatable bonds is 4. The second-order valence-electron chi connectivity index (χ2n) is 6.54. The molecule has 1 unspecified atom stereocenters. The molecule has 1 amide bonds. The monoisotopic (exact) mass is 370 g/mol. The van der Waals surface area contributed by atoms with Gasteiger partial charge in [0.15, 0.2) is 0 Å². The largest absolute Gasteiger partial charge is 0.447 e. The zero-order valence-corrected chi connectivity index (χ0v) is 15.0. The Morgan fingerprint density at radius 3 is 2.76 bits per heavy atom. The van der Waals surface area contributed by atoms with E-state index in [0.717, 1.165) is 0 Å². The summed E-state index contributed by atoms with van der Waals surface area (Å²) in [6.07, 6.45) is -0.315. The van der Waals surface area contributed by atoms with E-state index < -0.39 is 27.4 Å². The van der Waals surface area contributed by atoms with E-state index >= 15 is 0 Å². The number of carbonyl (C=O) groups excluding carboxylic acids is 1. The van der Waals surface area contributed by atoms with Crippen molar-refractivity contribution in [2.75, 3.05) is 33.5 Å². The number of sulfonamides is 1. The molecule has 2 bridgehead atoms. The summed E-state index contributed by atoms with van der Waals surface area (Å²) >= 11 is 0. The molecule has 2 heterocycles. The number of ether oxygens (including phenoxy) is 3. The zero-order valence-electron chi connectivity index (χ0n) is 14.2. The Bertz CT molecular complexity index is 736. The van der Waals surface area contributed by atoms with Crippen LogP contribution in [-0.4, -0.2) is 64.2 Å². The predicted octanol–water partition coefficient (Wildman–Crippen LogP) is 0.939. The smallest absolute Gasteiger partial charge is 0.421 e. The molecule has 0 spiro atoms. The van der Waals surface area contributed by atoms with Gasteiger partial charge in [-0.2, -0.15) is 0 Å². The molecule has 2 aliphatic heterocycles. The molecule has 138 valence electrons. The minimum absolute atomic E-state index is 0.00296. The highest BCUT2D eigenvalue weighted by Gasteiger charge is 2.54. The zero-order chi connectivity index (χ0) is 18.1. The SMILES string of the molecule is CN1C2(COC(=O)NS(=O)(=O)c3ccccc3)COCC[C@@]1(C)OC2. The molecule has 2 atom stereocenters. The van der Waals surface area contributed by atoms with E-state index in [2.05, 4.69) is 0 Å². The number of hydrogen-bond donors (Lipinski definition) is 1. The maximum absolute atomic E-state index is 12.1. The van der Waals surface area contributed by atoms with Gasteiger partial charge in [-0.3, -0.25) is 4.90 Å². The van der Waals surface area contributed by atoms with Gasteiger partial charge in [-0.25, -0.2) is 17.9 Å². The van der Waals surface area contributed by atoms with Gasteiger partial charge in [-0.15, -0.1) is 0 Å². The third kappa shape index (κ3) is 3.50. The highest BCUT2D eigenvalue weighted by molar-refractivity contribution is 7.90. The van der Waals surface area contributed by atoms with Gasteiger partial charge in [0, 0.05) is 6.42 Å². The van der Waals surface area contributed by atoms with E-state index in [1.165, 1.54) is 12.1 Å². The Morgan fingerprint density at radius 2 is 2.04 bits per heavy atom. The van der Waals surface area contributed by atoms with Crippen LogP contribution < -0.4 is 4.72 Å². The van der Waals surface area contributed by atoms with Gasteiger partial charge < -0.3 is 14.2 Å². The van der Waals surface area contributed by atoms with Crippen molar-refractivity contribution in [3.05, 3.63) is 30.3 Å². The minimum Gasteiger partial charge on any atom is -0.447 e. The number of nitrogens with one attached hydrogen (secondary N) is 1. The molecule has 1 aromatic carbocycles. The van der Waals surface area contributed by atoms with E-state index in [-0.39, 0.29) is 11.5 Å². The van der Waals surface area contributed by atoms with Gasteiger partial charge in [0.1, 0.15) is 17.9 Å². The van der Waals surface area contributed by atoms with Gasteiger partial charge in [0.25, 0.3) is 10.0 Å². The van der Waals surface area contributed by atoms with Crippen LogP contribution in [0.15, 0.2) is 35.2 Å². The summed E-state index contributed by atoms with van der Waals surface area (Å²) in [6.45, 7) is 3.17. The molecule has 3 rings (SSSR count). The standard InChI is InChI=1S/C16H22N2O6S/c1-15-8-9-22-10-16(12-24-15,18(15)2)11-23-14(19)17-25(20,21)13-6-4-3-5-7-13/h3-7H,8-12H2,1-2H3,(H,17,19)/t15-,16?/m1/s1. The summed E-state index contributed by atoms with van der Waals surface area (Å²) in [6, 6.07) is 7.64. The Hall–Kier alpha value is -1.68. The first-order chi connectivity index (χ1) is 11.8. The van der Waals surface area contributed by atoms with Gasteiger partial charge in [0.05, 0.1) is 24.7 Å². The van der Waals surface area contributed by atoms with Gasteiger partial charge in [-0.05, 0) is 26.1 Å². The molecule has 0 saturated carbocycles. The second kappa shape index (κ2) is 6.56. The number of nitrogens with zero attached hydrogens (tertiary/aromatic N) is 1.